The molecule has 5 nitrogen and oxygen atoms in total. The molecule has 1 atom stereocenters. The van der Waals surface area contributed by atoms with E-state index in [4.69, 9.17) is 4.74 Å². The molecule has 22 heavy (non-hydrogen) atoms. The molecule has 0 aromatic heterocycles. The zero-order chi connectivity index (χ0) is 16.1. The van der Waals surface area contributed by atoms with Crippen LogP contribution >= 0.6 is 0 Å². The number of esters is 1. The molecule has 5 heteroatoms. The second-order valence-electron chi connectivity index (χ2n) is 5.71. The zero-order valence-electron chi connectivity index (χ0n) is 13.5. The van der Waals surface area contributed by atoms with Crippen LogP contribution in [0.3, 0.4) is 0 Å². The van der Waals surface area contributed by atoms with Crippen molar-refractivity contribution >= 4 is 17.7 Å². The lowest BCUT2D eigenvalue weighted by Gasteiger charge is -2.31. The minimum absolute atomic E-state index is 0.150. The van der Waals surface area contributed by atoms with Crippen molar-refractivity contribution in [2.45, 2.75) is 33.6 Å². The van der Waals surface area contributed by atoms with Gasteiger partial charge in [-0.1, -0.05) is 12.1 Å². The average Bonchev–Trinajstić information content (AvgIpc) is 2.52. The highest BCUT2D eigenvalue weighted by atomic mass is 16.5. The molecular formula is C17H24N2O3. The number of benzene rings is 1. The van der Waals surface area contributed by atoms with E-state index < -0.39 is 0 Å². The highest BCUT2D eigenvalue weighted by Crippen LogP contribution is 2.21. The second-order valence-corrected chi connectivity index (χ2v) is 5.71. The summed E-state index contributed by atoms with van der Waals surface area (Å²) < 4.78 is 5.07. The fourth-order valence-corrected chi connectivity index (χ4v) is 2.69. The van der Waals surface area contributed by atoms with Crippen LogP contribution < -0.4 is 5.32 Å². The Morgan fingerprint density at radius 3 is 2.86 bits per heavy atom. The third kappa shape index (κ3) is 3.78. The van der Waals surface area contributed by atoms with Gasteiger partial charge in [-0.15, -0.1) is 0 Å². The lowest BCUT2D eigenvalue weighted by atomic mass is 9.98. The van der Waals surface area contributed by atoms with E-state index in [2.05, 4.69) is 5.32 Å². The van der Waals surface area contributed by atoms with Crippen molar-refractivity contribution in [3.8, 4) is 0 Å². The molecule has 2 rings (SSSR count). The Morgan fingerprint density at radius 1 is 1.36 bits per heavy atom. The van der Waals surface area contributed by atoms with Crippen molar-refractivity contribution in [3.05, 3.63) is 29.3 Å². The van der Waals surface area contributed by atoms with Gasteiger partial charge in [0.05, 0.1) is 12.5 Å². The van der Waals surface area contributed by atoms with Gasteiger partial charge in [0, 0.05) is 18.8 Å². The summed E-state index contributed by atoms with van der Waals surface area (Å²) in [6.07, 6.45) is 1.61. The summed E-state index contributed by atoms with van der Waals surface area (Å²) in [5, 5.41) is 2.95. The van der Waals surface area contributed by atoms with Gasteiger partial charge in [-0.3, -0.25) is 4.79 Å². The summed E-state index contributed by atoms with van der Waals surface area (Å²) in [5.41, 5.74) is 3.03. The molecule has 0 aliphatic carbocycles. The van der Waals surface area contributed by atoms with Gasteiger partial charge in [-0.25, -0.2) is 4.79 Å². The maximum Gasteiger partial charge on any atom is 0.321 e. The van der Waals surface area contributed by atoms with Crippen molar-refractivity contribution in [1.29, 1.82) is 0 Å². The van der Waals surface area contributed by atoms with Crippen molar-refractivity contribution in [3.63, 3.8) is 0 Å². The molecule has 0 radical (unpaired) electrons. The molecular weight excluding hydrogens is 280 g/mol. The number of likely N-dealkylation sites (tertiary alicyclic amines) is 1. The Bertz CT molecular complexity index is 557. The summed E-state index contributed by atoms with van der Waals surface area (Å²) in [4.78, 5) is 26.0. The number of piperidine rings is 1. The van der Waals surface area contributed by atoms with Gasteiger partial charge in [0.2, 0.25) is 0 Å². The molecule has 0 saturated carbocycles. The summed E-state index contributed by atoms with van der Waals surface area (Å²) in [6, 6.07) is 5.69. The third-order valence-corrected chi connectivity index (χ3v) is 4.17. The minimum atomic E-state index is -0.210. The SMILES string of the molecule is CCOC(=O)C1CCCN(C(=O)Nc2cccc(C)c2C)C1. The van der Waals surface area contributed by atoms with Crippen LogP contribution in [0.25, 0.3) is 0 Å². The molecule has 0 bridgehead atoms. The zero-order valence-corrected chi connectivity index (χ0v) is 13.5. The van der Waals surface area contributed by atoms with Gasteiger partial charge in [0.15, 0.2) is 0 Å². The van der Waals surface area contributed by atoms with Crippen LogP contribution in [-0.4, -0.2) is 36.6 Å². The Morgan fingerprint density at radius 2 is 2.14 bits per heavy atom. The Labute approximate surface area is 131 Å². The second kappa shape index (κ2) is 7.29. The standard InChI is InChI=1S/C17H24N2O3/c1-4-22-16(20)14-8-6-10-19(11-14)17(21)18-15-9-5-7-12(2)13(15)3/h5,7,9,14H,4,6,8,10-11H2,1-3H3,(H,18,21). The quantitative estimate of drug-likeness (QED) is 0.873. The first-order chi connectivity index (χ1) is 10.5. The summed E-state index contributed by atoms with van der Waals surface area (Å²) >= 11 is 0. The lowest BCUT2D eigenvalue weighted by Crippen LogP contribution is -2.44. The monoisotopic (exact) mass is 304 g/mol. The Hall–Kier alpha value is -2.04. The molecule has 1 unspecified atom stereocenters. The summed E-state index contributed by atoms with van der Waals surface area (Å²) in [5.74, 6) is -0.412. The lowest BCUT2D eigenvalue weighted by molar-refractivity contribution is -0.149. The summed E-state index contributed by atoms with van der Waals surface area (Å²) in [6.45, 7) is 7.28. The number of hydrogen-bond donors (Lipinski definition) is 1. The van der Waals surface area contributed by atoms with E-state index in [-0.39, 0.29) is 17.9 Å². The predicted octanol–water partition coefficient (Wildman–Crippen LogP) is 3.11. The molecule has 1 saturated heterocycles. The molecule has 1 heterocycles. The van der Waals surface area contributed by atoms with Gasteiger partial charge in [0.1, 0.15) is 0 Å². The van der Waals surface area contributed by atoms with Gasteiger partial charge in [-0.2, -0.15) is 0 Å². The van der Waals surface area contributed by atoms with E-state index in [1.807, 2.05) is 32.0 Å². The van der Waals surface area contributed by atoms with Gasteiger partial charge < -0.3 is 15.0 Å². The maximum absolute atomic E-state index is 12.4. The number of nitrogens with zero attached hydrogens (tertiary/aromatic N) is 1. The number of aryl methyl sites for hydroxylation is 1. The van der Waals surface area contributed by atoms with Crippen LogP contribution in [-0.2, 0) is 9.53 Å². The van der Waals surface area contributed by atoms with E-state index in [9.17, 15) is 9.59 Å². The number of nitrogens with one attached hydrogen (secondary N) is 1. The van der Waals surface area contributed by atoms with Gasteiger partial charge in [0.25, 0.3) is 0 Å². The topological polar surface area (TPSA) is 58.6 Å². The van der Waals surface area contributed by atoms with Crippen LogP contribution in [0.1, 0.15) is 30.9 Å². The first kappa shape index (κ1) is 16.3. The molecule has 1 N–H and O–H groups in total. The normalized spacial score (nSPS) is 18.0. The van der Waals surface area contributed by atoms with E-state index in [0.29, 0.717) is 19.7 Å². The van der Waals surface area contributed by atoms with E-state index >= 15 is 0 Å². The number of urea groups is 1. The van der Waals surface area contributed by atoms with E-state index in [1.165, 1.54) is 0 Å². The maximum atomic E-state index is 12.4. The number of carbonyl (C=O) groups excluding carboxylic acids is 2. The van der Waals surface area contributed by atoms with Gasteiger partial charge in [-0.05, 0) is 50.8 Å². The van der Waals surface area contributed by atoms with E-state index in [0.717, 1.165) is 29.7 Å². The first-order valence-electron chi connectivity index (χ1n) is 7.81. The number of amides is 2. The van der Waals surface area contributed by atoms with E-state index in [1.54, 1.807) is 11.8 Å². The fraction of sp³-hybridized carbons (Fsp3) is 0.529. The molecule has 1 aromatic carbocycles. The highest BCUT2D eigenvalue weighted by molar-refractivity contribution is 5.90. The first-order valence-corrected chi connectivity index (χ1v) is 7.81. The van der Waals surface area contributed by atoms with Crippen molar-refractivity contribution in [2.24, 2.45) is 5.92 Å². The Kier molecular flexibility index (Phi) is 5.41. The molecule has 2 amide bonds. The van der Waals surface area contributed by atoms with Crippen LogP contribution in [0.5, 0.6) is 0 Å². The number of ether oxygens (including phenoxy) is 1. The molecule has 1 aliphatic heterocycles. The molecule has 1 aromatic rings. The number of hydrogen-bond acceptors (Lipinski definition) is 3. The fourth-order valence-electron chi connectivity index (χ4n) is 2.69. The van der Waals surface area contributed by atoms with Crippen LogP contribution in [0.4, 0.5) is 10.5 Å². The minimum Gasteiger partial charge on any atom is -0.466 e. The number of anilines is 1. The van der Waals surface area contributed by atoms with Crippen molar-refractivity contribution in [1.82, 2.24) is 4.90 Å². The largest absolute Gasteiger partial charge is 0.466 e. The third-order valence-electron chi connectivity index (χ3n) is 4.17. The highest BCUT2D eigenvalue weighted by Gasteiger charge is 2.29. The predicted molar refractivity (Wildman–Crippen MR) is 85.9 cm³/mol. The van der Waals surface area contributed by atoms with Crippen LogP contribution in [0, 0.1) is 19.8 Å². The van der Waals surface area contributed by atoms with Crippen LogP contribution in [0.2, 0.25) is 0 Å². The average molecular weight is 304 g/mol. The van der Waals surface area contributed by atoms with Crippen molar-refractivity contribution in [2.75, 3.05) is 25.0 Å². The number of rotatable bonds is 3. The molecule has 0 spiro atoms. The summed E-state index contributed by atoms with van der Waals surface area (Å²) in [7, 11) is 0. The molecule has 1 fully saturated rings. The van der Waals surface area contributed by atoms with Gasteiger partial charge >= 0.3 is 12.0 Å². The molecule has 120 valence electrons. The number of carbonyl (C=O) groups is 2. The van der Waals surface area contributed by atoms with Crippen molar-refractivity contribution < 1.29 is 14.3 Å². The smallest absolute Gasteiger partial charge is 0.321 e. The molecule has 1 aliphatic rings. The van der Waals surface area contributed by atoms with Crippen LogP contribution in [0.15, 0.2) is 18.2 Å². The Balaban J connectivity index is 2.00.